The Morgan fingerprint density at radius 2 is 1.44 bits per heavy atom. The van der Waals surface area contributed by atoms with Crippen molar-refractivity contribution < 1.29 is 0 Å². The molecule has 1 saturated heterocycles. The molecule has 1 fully saturated rings. The molecule has 32 heavy (non-hydrogen) atoms. The molecule has 1 aliphatic carbocycles. The van der Waals surface area contributed by atoms with Crippen molar-refractivity contribution in [3.05, 3.63) is 70.1 Å². The summed E-state index contributed by atoms with van der Waals surface area (Å²) in [6.07, 6.45) is 11.5. The molecule has 170 valence electrons. The number of benzene rings is 3. The monoisotopic (exact) mass is 444 g/mol. The first-order valence-corrected chi connectivity index (χ1v) is 14.7. The van der Waals surface area contributed by atoms with E-state index in [-0.39, 0.29) is 0 Å². The lowest BCUT2D eigenvalue weighted by Gasteiger charge is -2.37. The van der Waals surface area contributed by atoms with Crippen LogP contribution in [-0.2, 0) is 0 Å². The van der Waals surface area contributed by atoms with Gasteiger partial charge in [-0.15, -0.1) is 0 Å². The first-order valence-electron chi connectivity index (χ1n) is 12.8. The second-order valence-corrected chi connectivity index (χ2v) is 12.6. The van der Waals surface area contributed by atoms with E-state index in [0.29, 0.717) is 0 Å². The molecule has 0 unspecified atom stereocenters. The molecular formula is C31H40S. The molecule has 0 radical (unpaired) electrons. The van der Waals surface area contributed by atoms with Gasteiger partial charge in [0.25, 0.3) is 0 Å². The largest absolute Gasteiger partial charge is 0.190 e. The van der Waals surface area contributed by atoms with E-state index in [1.807, 2.05) is 18.8 Å². The quantitative estimate of drug-likeness (QED) is 0.302. The first-order chi connectivity index (χ1) is 15.6. The highest BCUT2D eigenvalue weighted by Gasteiger charge is 2.43. The molecule has 6 rings (SSSR count). The van der Waals surface area contributed by atoms with E-state index in [0.717, 1.165) is 0 Å². The van der Waals surface area contributed by atoms with Crippen LogP contribution in [0.25, 0.3) is 27.1 Å². The molecular weight excluding hydrogens is 404 g/mol. The van der Waals surface area contributed by atoms with Crippen LogP contribution in [0.1, 0.15) is 76.5 Å². The van der Waals surface area contributed by atoms with E-state index in [9.17, 15) is 0 Å². The van der Waals surface area contributed by atoms with Gasteiger partial charge < -0.3 is 0 Å². The van der Waals surface area contributed by atoms with Gasteiger partial charge in [-0.05, 0) is 99.7 Å². The van der Waals surface area contributed by atoms with Gasteiger partial charge in [0.15, 0.2) is 0 Å². The Morgan fingerprint density at radius 1 is 0.812 bits per heavy atom. The second kappa shape index (κ2) is 9.48. The highest BCUT2D eigenvalue weighted by molar-refractivity contribution is 8.37. The fraction of sp³-hybridized carbons (Fsp3) is 0.419. The van der Waals surface area contributed by atoms with Crippen molar-refractivity contribution in [2.45, 2.75) is 78.5 Å². The number of fused-ring (bicyclic) bond motifs is 7. The molecule has 3 aliphatic rings. The summed E-state index contributed by atoms with van der Waals surface area (Å²) >= 11 is 0. The average Bonchev–Trinajstić information content (AvgIpc) is 3.44. The number of hydrogen-bond donors (Lipinski definition) is 0. The van der Waals surface area contributed by atoms with Gasteiger partial charge in [-0.1, -0.05) is 82.7 Å². The van der Waals surface area contributed by atoms with Crippen molar-refractivity contribution in [1.82, 2.24) is 0 Å². The van der Waals surface area contributed by atoms with Gasteiger partial charge in [-0.2, -0.15) is 10.0 Å². The van der Waals surface area contributed by atoms with E-state index in [1.165, 1.54) is 70.9 Å². The third kappa shape index (κ3) is 3.36. The fourth-order valence-electron chi connectivity index (χ4n) is 5.96. The zero-order chi connectivity index (χ0) is 22.9. The molecule has 2 aliphatic heterocycles. The van der Waals surface area contributed by atoms with E-state index >= 15 is 0 Å². The minimum Gasteiger partial charge on any atom is -0.190 e. The van der Waals surface area contributed by atoms with Crippen LogP contribution in [0.5, 0.6) is 0 Å². The molecule has 0 aromatic heterocycles. The molecule has 3 aromatic carbocycles. The van der Waals surface area contributed by atoms with Crippen LogP contribution in [-0.4, -0.2) is 11.5 Å². The number of aryl methyl sites for hydroxylation is 2. The second-order valence-electron chi connectivity index (χ2n) is 9.14. The van der Waals surface area contributed by atoms with Crippen LogP contribution in [0.3, 0.4) is 0 Å². The minimum atomic E-state index is -0.792. The third-order valence-corrected chi connectivity index (χ3v) is 11.7. The lowest BCUT2D eigenvalue weighted by molar-refractivity contribution is 0.949. The Balaban J connectivity index is 0.000000455. The molecule has 0 amide bonds. The molecule has 0 bridgehead atoms. The minimum absolute atomic E-state index is 0.792. The molecule has 3 aromatic rings. The molecule has 0 N–H and O–H groups in total. The number of allylic oxidation sites excluding steroid dienone is 4. The molecule has 1 heteroatoms. The Morgan fingerprint density at radius 3 is 2.09 bits per heavy atom. The molecule has 0 saturated carbocycles. The SMILES string of the molecule is CC.CCC.Cc1c2ccccc2c(C)c2c3c(ccc12)C1=C(CCC=C1)S31CCCC1. The molecule has 2 heterocycles. The summed E-state index contributed by atoms with van der Waals surface area (Å²) in [6.45, 7) is 13.0. The van der Waals surface area contributed by atoms with Gasteiger partial charge in [0.05, 0.1) is 0 Å². The van der Waals surface area contributed by atoms with E-state index in [4.69, 9.17) is 0 Å². The topological polar surface area (TPSA) is 0 Å². The Kier molecular flexibility index (Phi) is 6.86. The fourth-order valence-corrected chi connectivity index (χ4v) is 11.1. The Bertz CT molecular complexity index is 1200. The maximum absolute atomic E-state index is 2.46. The van der Waals surface area contributed by atoms with Crippen molar-refractivity contribution in [1.29, 1.82) is 0 Å². The summed E-state index contributed by atoms with van der Waals surface area (Å²) in [5.74, 6) is 2.86. The zero-order valence-corrected chi connectivity index (χ0v) is 21.8. The van der Waals surface area contributed by atoms with E-state index in [2.05, 4.69) is 76.2 Å². The van der Waals surface area contributed by atoms with Crippen LogP contribution in [0.2, 0.25) is 0 Å². The highest BCUT2D eigenvalue weighted by Crippen LogP contribution is 2.75. The van der Waals surface area contributed by atoms with Gasteiger partial charge in [-0.25, -0.2) is 0 Å². The van der Waals surface area contributed by atoms with Crippen molar-refractivity contribution in [2.75, 3.05) is 11.5 Å². The van der Waals surface area contributed by atoms with Gasteiger partial charge in [0, 0.05) is 4.90 Å². The van der Waals surface area contributed by atoms with Crippen molar-refractivity contribution >= 4 is 37.1 Å². The summed E-state index contributed by atoms with van der Waals surface area (Å²) < 4.78 is 0. The predicted octanol–water partition coefficient (Wildman–Crippen LogP) is 10.1. The first kappa shape index (κ1) is 23.2. The maximum atomic E-state index is 2.46. The van der Waals surface area contributed by atoms with Crippen LogP contribution in [0.15, 0.2) is 58.4 Å². The summed E-state index contributed by atoms with van der Waals surface area (Å²) in [5.41, 5.74) is 6.14. The maximum Gasteiger partial charge on any atom is 0.00993 e. The van der Waals surface area contributed by atoms with Gasteiger partial charge in [0.2, 0.25) is 0 Å². The molecule has 0 atom stereocenters. The van der Waals surface area contributed by atoms with Gasteiger partial charge in [-0.3, -0.25) is 0 Å². The van der Waals surface area contributed by atoms with Crippen LogP contribution >= 0.6 is 10.0 Å². The van der Waals surface area contributed by atoms with Crippen molar-refractivity contribution in [2.24, 2.45) is 0 Å². The number of rotatable bonds is 0. The lowest BCUT2D eigenvalue weighted by Crippen LogP contribution is -2.05. The van der Waals surface area contributed by atoms with Crippen LogP contribution < -0.4 is 0 Å². The predicted molar refractivity (Wildman–Crippen MR) is 148 cm³/mol. The lowest BCUT2D eigenvalue weighted by atomic mass is 9.90. The van der Waals surface area contributed by atoms with E-state index < -0.39 is 10.0 Å². The summed E-state index contributed by atoms with van der Waals surface area (Å²) in [5, 5.41) is 5.97. The molecule has 1 spiro atoms. The van der Waals surface area contributed by atoms with Crippen molar-refractivity contribution in [3.63, 3.8) is 0 Å². The highest BCUT2D eigenvalue weighted by atomic mass is 32.3. The van der Waals surface area contributed by atoms with Crippen LogP contribution in [0, 0.1) is 13.8 Å². The smallest absolute Gasteiger partial charge is 0.00993 e. The van der Waals surface area contributed by atoms with Gasteiger partial charge >= 0.3 is 0 Å². The van der Waals surface area contributed by atoms with Crippen molar-refractivity contribution in [3.8, 4) is 0 Å². The zero-order valence-electron chi connectivity index (χ0n) is 21.0. The van der Waals surface area contributed by atoms with Crippen LogP contribution in [0.4, 0.5) is 0 Å². The summed E-state index contributed by atoms with van der Waals surface area (Å²) in [7, 11) is -0.792. The molecule has 0 nitrogen and oxygen atoms in total. The van der Waals surface area contributed by atoms with E-state index in [1.54, 1.807) is 21.4 Å². The summed E-state index contributed by atoms with van der Waals surface area (Å²) in [4.78, 5) is 3.61. The Hall–Kier alpha value is -1.99. The third-order valence-electron chi connectivity index (χ3n) is 7.18. The standard InChI is InChI=1S/C26H26S.C3H8.C2H6/c1-17-19-9-3-4-10-20(19)18(2)25-21(17)13-14-23-22-11-5-6-12-24(22)27(26(23)25)15-7-8-16-27;1-3-2;1-2/h3-5,9-11,13-14H,6-8,12,15-16H2,1-2H3;3H2,1-2H3;1-2H3. The van der Waals surface area contributed by atoms with Gasteiger partial charge in [0.1, 0.15) is 0 Å². The Labute approximate surface area is 197 Å². The summed E-state index contributed by atoms with van der Waals surface area (Å²) in [6, 6.07) is 13.9. The average molecular weight is 445 g/mol. The number of hydrogen-bond acceptors (Lipinski definition) is 0. The normalized spacial score (nSPS) is 18.7.